The van der Waals surface area contributed by atoms with Gasteiger partial charge in [0.05, 0.1) is 24.7 Å². The van der Waals surface area contributed by atoms with Crippen LogP contribution in [0, 0.1) is 17.2 Å². The van der Waals surface area contributed by atoms with Gasteiger partial charge in [-0.25, -0.2) is 0 Å². The van der Waals surface area contributed by atoms with Gasteiger partial charge >= 0.3 is 0 Å². The summed E-state index contributed by atoms with van der Waals surface area (Å²) in [6, 6.07) is 13.0. The van der Waals surface area contributed by atoms with Crippen LogP contribution in [-0.2, 0) is 10.2 Å². The van der Waals surface area contributed by atoms with Gasteiger partial charge in [-0.2, -0.15) is 5.26 Å². The minimum Gasteiger partial charge on any atom is -0.379 e. The van der Waals surface area contributed by atoms with Crippen LogP contribution in [0.15, 0.2) is 30.3 Å². The third-order valence-corrected chi connectivity index (χ3v) is 4.87. The lowest BCUT2D eigenvalue weighted by Crippen LogP contribution is -2.41. The molecule has 3 heteroatoms. The highest BCUT2D eigenvalue weighted by Gasteiger charge is 2.37. The summed E-state index contributed by atoms with van der Waals surface area (Å²) in [7, 11) is 0. The summed E-state index contributed by atoms with van der Waals surface area (Å²) in [6.45, 7) is 8.94. The van der Waals surface area contributed by atoms with Crippen molar-refractivity contribution >= 4 is 0 Å². The molecular formula is C18H26N2O. The molecule has 21 heavy (non-hydrogen) atoms. The van der Waals surface area contributed by atoms with Crippen molar-refractivity contribution in [2.24, 2.45) is 5.92 Å². The van der Waals surface area contributed by atoms with Crippen molar-refractivity contribution in [1.82, 2.24) is 4.90 Å². The Morgan fingerprint density at radius 3 is 2.52 bits per heavy atom. The third-order valence-electron chi connectivity index (χ3n) is 4.87. The Morgan fingerprint density at radius 2 is 1.95 bits per heavy atom. The Morgan fingerprint density at radius 1 is 1.29 bits per heavy atom. The zero-order valence-corrected chi connectivity index (χ0v) is 13.2. The lowest BCUT2D eigenvalue weighted by Gasteiger charge is -2.36. The van der Waals surface area contributed by atoms with E-state index in [-0.39, 0.29) is 5.41 Å². The quantitative estimate of drug-likeness (QED) is 0.805. The van der Waals surface area contributed by atoms with E-state index in [0.717, 1.165) is 51.3 Å². The molecular weight excluding hydrogens is 260 g/mol. The zero-order chi connectivity index (χ0) is 15.1. The normalized spacial score (nSPS) is 20.4. The average molecular weight is 286 g/mol. The SMILES string of the molecule is CC[C@@H](C)[C@](C#N)(CCN1CCOCC1)c1ccccc1. The number of hydrogen-bond donors (Lipinski definition) is 0. The molecule has 3 nitrogen and oxygen atoms in total. The van der Waals surface area contributed by atoms with Crippen LogP contribution < -0.4 is 0 Å². The van der Waals surface area contributed by atoms with Crippen LogP contribution >= 0.6 is 0 Å². The van der Waals surface area contributed by atoms with E-state index in [1.54, 1.807) is 0 Å². The maximum atomic E-state index is 9.97. The van der Waals surface area contributed by atoms with Gasteiger partial charge in [-0.15, -0.1) is 0 Å². The van der Waals surface area contributed by atoms with Gasteiger partial charge in [0.15, 0.2) is 0 Å². The molecule has 1 aromatic rings. The molecule has 0 aromatic heterocycles. The van der Waals surface area contributed by atoms with Crippen molar-refractivity contribution in [2.75, 3.05) is 32.8 Å². The van der Waals surface area contributed by atoms with Gasteiger partial charge in [-0.3, -0.25) is 4.90 Å². The number of rotatable bonds is 6. The molecule has 0 aliphatic carbocycles. The maximum Gasteiger partial charge on any atom is 0.0859 e. The summed E-state index contributed by atoms with van der Waals surface area (Å²) < 4.78 is 5.40. The Labute approximate surface area is 128 Å². The highest BCUT2D eigenvalue weighted by Crippen LogP contribution is 2.37. The fourth-order valence-corrected chi connectivity index (χ4v) is 3.15. The maximum absolute atomic E-state index is 9.97. The first-order valence-corrected chi connectivity index (χ1v) is 8.00. The Balaban J connectivity index is 2.17. The Kier molecular flexibility index (Phi) is 5.78. The van der Waals surface area contributed by atoms with Crippen LogP contribution in [0.2, 0.25) is 0 Å². The number of ether oxygens (including phenoxy) is 1. The van der Waals surface area contributed by atoms with Gasteiger partial charge in [-0.05, 0) is 17.9 Å². The van der Waals surface area contributed by atoms with Gasteiger partial charge < -0.3 is 4.74 Å². The number of hydrogen-bond acceptors (Lipinski definition) is 3. The van der Waals surface area contributed by atoms with Crippen molar-refractivity contribution in [3.05, 3.63) is 35.9 Å². The van der Waals surface area contributed by atoms with Crippen LogP contribution in [0.4, 0.5) is 0 Å². The van der Waals surface area contributed by atoms with E-state index in [0.29, 0.717) is 5.92 Å². The van der Waals surface area contributed by atoms with E-state index in [9.17, 15) is 5.26 Å². The summed E-state index contributed by atoms with van der Waals surface area (Å²) in [5, 5.41) is 9.97. The van der Waals surface area contributed by atoms with E-state index >= 15 is 0 Å². The fourth-order valence-electron chi connectivity index (χ4n) is 3.15. The molecule has 0 radical (unpaired) electrons. The van der Waals surface area contributed by atoms with Crippen LogP contribution in [0.1, 0.15) is 32.3 Å². The van der Waals surface area contributed by atoms with Gasteiger partial charge in [0.1, 0.15) is 0 Å². The third kappa shape index (κ3) is 3.64. The Bertz CT molecular complexity index is 462. The predicted octanol–water partition coefficient (Wildman–Crippen LogP) is 3.22. The van der Waals surface area contributed by atoms with Crippen molar-refractivity contribution in [2.45, 2.75) is 32.1 Å². The van der Waals surface area contributed by atoms with Gasteiger partial charge in [0.25, 0.3) is 0 Å². The van der Waals surface area contributed by atoms with E-state index in [1.807, 2.05) is 18.2 Å². The van der Waals surface area contributed by atoms with Crippen LogP contribution in [0.3, 0.4) is 0 Å². The van der Waals surface area contributed by atoms with Gasteiger partial charge in [0.2, 0.25) is 0 Å². The molecule has 0 unspecified atom stereocenters. The molecule has 1 heterocycles. The highest BCUT2D eigenvalue weighted by atomic mass is 16.5. The number of nitrogens with zero attached hydrogens (tertiary/aromatic N) is 2. The molecule has 1 fully saturated rings. The molecule has 0 saturated carbocycles. The molecule has 1 aromatic carbocycles. The molecule has 0 bridgehead atoms. The molecule has 0 amide bonds. The van der Waals surface area contributed by atoms with Crippen molar-refractivity contribution in [3.8, 4) is 6.07 Å². The summed E-state index contributed by atoms with van der Waals surface area (Å²) in [5.41, 5.74) is 0.781. The smallest absolute Gasteiger partial charge is 0.0859 e. The van der Waals surface area contributed by atoms with Gasteiger partial charge in [0, 0.05) is 19.6 Å². The van der Waals surface area contributed by atoms with E-state index in [1.165, 1.54) is 0 Å². The number of nitriles is 1. The average Bonchev–Trinajstić information content (AvgIpc) is 2.57. The predicted molar refractivity (Wildman–Crippen MR) is 85.1 cm³/mol. The Hall–Kier alpha value is -1.37. The van der Waals surface area contributed by atoms with E-state index in [2.05, 4.69) is 36.9 Å². The molecule has 2 rings (SSSR count). The lowest BCUT2D eigenvalue weighted by atomic mass is 9.68. The molecule has 2 atom stereocenters. The number of benzene rings is 1. The lowest BCUT2D eigenvalue weighted by molar-refractivity contribution is 0.0342. The van der Waals surface area contributed by atoms with Crippen LogP contribution in [-0.4, -0.2) is 37.7 Å². The largest absolute Gasteiger partial charge is 0.379 e. The van der Waals surface area contributed by atoms with Crippen LogP contribution in [0.25, 0.3) is 0 Å². The van der Waals surface area contributed by atoms with Crippen LogP contribution in [0.5, 0.6) is 0 Å². The number of morpholine rings is 1. The molecule has 1 saturated heterocycles. The second kappa shape index (κ2) is 7.59. The monoisotopic (exact) mass is 286 g/mol. The molecule has 0 spiro atoms. The summed E-state index contributed by atoms with van der Waals surface area (Å²) in [6.07, 6.45) is 1.91. The molecule has 0 N–H and O–H groups in total. The second-order valence-electron chi connectivity index (χ2n) is 5.96. The standard InChI is InChI=1S/C18H26N2O/c1-3-16(2)18(15-19,17-7-5-4-6-8-17)9-10-20-11-13-21-14-12-20/h4-8,16H,3,9-14H2,1-2H3/t16-,18-/m1/s1. The van der Waals surface area contributed by atoms with Crippen molar-refractivity contribution < 1.29 is 4.74 Å². The topological polar surface area (TPSA) is 36.3 Å². The second-order valence-corrected chi connectivity index (χ2v) is 5.96. The fraction of sp³-hybridized carbons (Fsp3) is 0.611. The van der Waals surface area contributed by atoms with E-state index < -0.39 is 0 Å². The minimum atomic E-state index is -0.381. The summed E-state index contributed by atoms with van der Waals surface area (Å²) >= 11 is 0. The first-order chi connectivity index (χ1) is 10.2. The van der Waals surface area contributed by atoms with E-state index in [4.69, 9.17) is 4.74 Å². The molecule has 1 aliphatic rings. The minimum absolute atomic E-state index is 0.353. The first kappa shape index (κ1) is 16.0. The first-order valence-electron chi connectivity index (χ1n) is 8.00. The van der Waals surface area contributed by atoms with Crippen molar-refractivity contribution in [1.29, 1.82) is 5.26 Å². The van der Waals surface area contributed by atoms with Gasteiger partial charge in [-0.1, -0.05) is 50.6 Å². The molecule has 114 valence electrons. The van der Waals surface area contributed by atoms with Crippen molar-refractivity contribution in [3.63, 3.8) is 0 Å². The summed E-state index contributed by atoms with van der Waals surface area (Å²) in [5.74, 6) is 0.353. The summed E-state index contributed by atoms with van der Waals surface area (Å²) in [4.78, 5) is 2.42. The molecule has 1 aliphatic heterocycles. The zero-order valence-electron chi connectivity index (χ0n) is 13.2. The highest BCUT2D eigenvalue weighted by molar-refractivity contribution is 5.33.